The third-order valence-electron chi connectivity index (χ3n) is 3.09. The second-order valence-electron chi connectivity index (χ2n) is 3.97. The van der Waals surface area contributed by atoms with Crippen molar-refractivity contribution in [2.24, 2.45) is 5.41 Å². The quantitative estimate of drug-likeness (QED) is 0.697. The minimum atomic E-state index is -0.623. The van der Waals surface area contributed by atoms with Gasteiger partial charge in [-0.2, -0.15) is 0 Å². The SMILES string of the molecule is C=CCC1(CC=C)C(=O)CCC[C@@H]1O. The number of ketones is 1. The van der Waals surface area contributed by atoms with Crippen LogP contribution in [0.4, 0.5) is 0 Å². The van der Waals surface area contributed by atoms with E-state index in [-0.39, 0.29) is 5.78 Å². The summed E-state index contributed by atoms with van der Waals surface area (Å²) in [7, 11) is 0. The summed E-state index contributed by atoms with van der Waals surface area (Å²) in [5, 5.41) is 9.94. The van der Waals surface area contributed by atoms with Gasteiger partial charge in [0.1, 0.15) is 5.78 Å². The van der Waals surface area contributed by atoms with Crippen LogP contribution in [0.15, 0.2) is 25.3 Å². The summed E-state index contributed by atoms with van der Waals surface area (Å²) >= 11 is 0. The van der Waals surface area contributed by atoms with Crippen LogP contribution in [0.3, 0.4) is 0 Å². The van der Waals surface area contributed by atoms with Crippen molar-refractivity contribution in [3.8, 4) is 0 Å². The normalized spacial score (nSPS) is 25.8. The summed E-state index contributed by atoms with van der Waals surface area (Å²) < 4.78 is 0. The fraction of sp³-hybridized carbons (Fsp3) is 0.583. The number of carbonyl (C=O) groups excluding carboxylic acids is 1. The second kappa shape index (κ2) is 4.56. The van der Waals surface area contributed by atoms with Gasteiger partial charge in [0.05, 0.1) is 11.5 Å². The second-order valence-corrected chi connectivity index (χ2v) is 3.97. The predicted molar refractivity (Wildman–Crippen MR) is 56.9 cm³/mol. The number of carbonyl (C=O) groups is 1. The first-order valence-corrected chi connectivity index (χ1v) is 5.10. The average molecular weight is 194 g/mol. The van der Waals surface area contributed by atoms with Crippen LogP contribution in [-0.2, 0) is 4.79 Å². The highest BCUT2D eigenvalue weighted by Crippen LogP contribution is 2.40. The van der Waals surface area contributed by atoms with Crippen LogP contribution in [-0.4, -0.2) is 17.0 Å². The zero-order valence-electron chi connectivity index (χ0n) is 8.54. The van der Waals surface area contributed by atoms with Gasteiger partial charge < -0.3 is 5.11 Å². The molecule has 2 heteroatoms. The number of hydrogen-bond acceptors (Lipinski definition) is 2. The van der Waals surface area contributed by atoms with E-state index >= 15 is 0 Å². The van der Waals surface area contributed by atoms with Crippen molar-refractivity contribution in [1.29, 1.82) is 0 Å². The van der Waals surface area contributed by atoms with Crippen molar-refractivity contribution >= 4 is 5.78 Å². The number of rotatable bonds is 4. The summed E-state index contributed by atoms with van der Waals surface area (Å²) in [5.41, 5.74) is -0.623. The van der Waals surface area contributed by atoms with E-state index in [2.05, 4.69) is 13.2 Å². The summed E-state index contributed by atoms with van der Waals surface area (Å²) in [6, 6.07) is 0. The van der Waals surface area contributed by atoms with Crippen molar-refractivity contribution in [3.63, 3.8) is 0 Å². The highest BCUT2D eigenvalue weighted by Gasteiger charge is 2.44. The molecule has 1 N–H and O–H groups in total. The molecule has 1 fully saturated rings. The Labute approximate surface area is 85.3 Å². The van der Waals surface area contributed by atoms with E-state index in [1.807, 2.05) is 0 Å². The molecule has 0 radical (unpaired) electrons. The molecule has 1 aliphatic rings. The first-order valence-electron chi connectivity index (χ1n) is 5.10. The Kier molecular flexibility index (Phi) is 3.64. The van der Waals surface area contributed by atoms with Gasteiger partial charge in [0.15, 0.2) is 0 Å². The maximum atomic E-state index is 11.9. The van der Waals surface area contributed by atoms with Crippen molar-refractivity contribution in [2.75, 3.05) is 0 Å². The Bertz CT molecular complexity index is 233. The monoisotopic (exact) mass is 194 g/mol. The molecule has 78 valence electrons. The standard InChI is InChI=1S/C12H18O2/c1-3-8-12(9-4-2)10(13)6-5-7-11(12)14/h3-4,10,13H,1-2,5-9H2/t10-/m0/s1. The largest absolute Gasteiger partial charge is 0.392 e. The van der Waals surface area contributed by atoms with Gasteiger partial charge in [-0.3, -0.25) is 4.79 Å². The first kappa shape index (κ1) is 11.2. The van der Waals surface area contributed by atoms with Crippen molar-refractivity contribution < 1.29 is 9.90 Å². The molecule has 1 rings (SSSR count). The molecule has 0 amide bonds. The lowest BCUT2D eigenvalue weighted by molar-refractivity contribution is -0.139. The van der Waals surface area contributed by atoms with E-state index < -0.39 is 11.5 Å². The van der Waals surface area contributed by atoms with Crippen molar-refractivity contribution in [2.45, 2.75) is 38.2 Å². The molecule has 2 nitrogen and oxygen atoms in total. The van der Waals surface area contributed by atoms with E-state index in [1.54, 1.807) is 12.2 Å². The molecule has 0 heterocycles. The molecule has 1 aliphatic carbocycles. The molecule has 0 bridgehead atoms. The lowest BCUT2D eigenvalue weighted by atomic mass is 9.67. The molecule has 0 aromatic rings. The summed E-state index contributed by atoms with van der Waals surface area (Å²) in [6.07, 6.45) is 6.12. The molecule has 14 heavy (non-hydrogen) atoms. The fourth-order valence-corrected chi connectivity index (χ4v) is 2.27. The van der Waals surface area contributed by atoms with Crippen LogP contribution in [0.2, 0.25) is 0 Å². The minimum Gasteiger partial charge on any atom is -0.392 e. The number of aliphatic hydroxyl groups is 1. The zero-order chi connectivity index (χ0) is 10.6. The van der Waals surface area contributed by atoms with Crippen LogP contribution in [0.5, 0.6) is 0 Å². The van der Waals surface area contributed by atoms with Gasteiger partial charge in [-0.25, -0.2) is 0 Å². The van der Waals surface area contributed by atoms with Crippen LogP contribution in [0.1, 0.15) is 32.1 Å². The molecule has 0 spiro atoms. The van der Waals surface area contributed by atoms with Crippen molar-refractivity contribution in [1.82, 2.24) is 0 Å². The predicted octanol–water partition coefficient (Wildman–Crippen LogP) is 2.24. The molecular weight excluding hydrogens is 176 g/mol. The Hall–Kier alpha value is -0.890. The Balaban J connectivity index is 2.93. The number of hydrogen-bond donors (Lipinski definition) is 1. The van der Waals surface area contributed by atoms with Gasteiger partial charge in [-0.05, 0) is 25.7 Å². The topological polar surface area (TPSA) is 37.3 Å². The third-order valence-corrected chi connectivity index (χ3v) is 3.09. The highest BCUT2D eigenvalue weighted by atomic mass is 16.3. The lowest BCUT2D eigenvalue weighted by Crippen LogP contribution is -2.45. The average Bonchev–Trinajstić information content (AvgIpc) is 2.15. The zero-order valence-corrected chi connectivity index (χ0v) is 8.54. The third kappa shape index (κ3) is 1.80. The maximum absolute atomic E-state index is 11.9. The number of allylic oxidation sites excluding steroid dienone is 2. The Morgan fingerprint density at radius 1 is 1.43 bits per heavy atom. The van der Waals surface area contributed by atoms with Crippen molar-refractivity contribution in [3.05, 3.63) is 25.3 Å². The molecule has 0 aromatic heterocycles. The van der Waals surface area contributed by atoms with Gasteiger partial charge >= 0.3 is 0 Å². The number of Topliss-reactive ketones (excluding diaryl/α,β-unsaturated/α-hetero) is 1. The summed E-state index contributed by atoms with van der Waals surface area (Å²) in [5.74, 6) is 0.163. The molecule has 0 unspecified atom stereocenters. The maximum Gasteiger partial charge on any atom is 0.142 e. The lowest BCUT2D eigenvalue weighted by Gasteiger charge is -2.38. The van der Waals surface area contributed by atoms with E-state index in [1.165, 1.54) is 0 Å². The molecule has 0 saturated heterocycles. The minimum absolute atomic E-state index is 0.163. The molecule has 0 aromatic carbocycles. The number of aliphatic hydroxyl groups excluding tert-OH is 1. The fourth-order valence-electron chi connectivity index (χ4n) is 2.27. The molecule has 0 aliphatic heterocycles. The van der Waals surface area contributed by atoms with E-state index in [0.29, 0.717) is 25.7 Å². The van der Waals surface area contributed by atoms with Crippen LogP contribution in [0, 0.1) is 5.41 Å². The van der Waals surface area contributed by atoms with Gasteiger partial charge in [0, 0.05) is 6.42 Å². The first-order chi connectivity index (χ1) is 6.67. The van der Waals surface area contributed by atoms with Gasteiger partial charge in [0.25, 0.3) is 0 Å². The molecular formula is C12H18O2. The van der Waals surface area contributed by atoms with Crippen LogP contribution in [0.25, 0.3) is 0 Å². The van der Waals surface area contributed by atoms with Gasteiger partial charge in [-0.15, -0.1) is 13.2 Å². The summed E-state index contributed by atoms with van der Waals surface area (Å²) in [6.45, 7) is 7.31. The molecule has 1 saturated carbocycles. The van der Waals surface area contributed by atoms with E-state index in [4.69, 9.17) is 0 Å². The Morgan fingerprint density at radius 3 is 2.43 bits per heavy atom. The Morgan fingerprint density at radius 2 is 2.00 bits per heavy atom. The van der Waals surface area contributed by atoms with Crippen LogP contribution < -0.4 is 0 Å². The van der Waals surface area contributed by atoms with E-state index in [9.17, 15) is 9.90 Å². The smallest absolute Gasteiger partial charge is 0.142 e. The van der Waals surface area contributed by atoms with Gasteiger partial charge in [-0.1, -0.05) is 12.2 Å². The summed E-state index contributed by atoms with van der Waals surface area (Å²) in [4.78, 5) is 11.9. The highest BCUT2D eigenvalue weighted by molar-refractivity contribution is 5.86. The van der Waals surface area contributed by atoms with E-state index in [0.717, 1.165) is 6.42 Å². The van der Waals surface area contributed by atoms with Crippen LogP contribution >= 0.6 is 0 Å². The van der Waals surface area contributed by atoms with Gasteiger partial charge in [0.2, 0.25) is 0 Å². The molecule has 1 atom stereocenters.